The minimum Gasteiger partial charge on any atom is -0.464 e. The number of carbonyl (C=O) groups excluding carboxylic acids is 1. The maximum Gasteiger partial charge on any atom is 0.269 e. The molecule has 0 fully saturated rings. The Hall–Kier alpha value is -2.89. The quantitative estimate of drug-likeness (QED) is 0.483. The molecule has 1 amide bonds. The molecular weight excluding hydrogens is 284 g/mol. The van der Waals surface area contributed by atoms with Crippen LogP contribution in [0.4, 0.5) is 5.69 Å². The van der Waals surface area contributed by atoms with Gasteiger partial charge in [-0.15, -0.1) is 0 Å². The molecule has 6 nitrogen and oxygen atoms in total. The van der Waals surface area contributed by atoms with Crippen molar-refractivity contribution in [2.45, 2.75) is 13.5 Å². The molecule has 0 bridgehead atoms. The third-order valence-corrected chi connectivity index (χ3v) is 3.09. The second-order valence-electron chi connectivity index (χ2n) is 4.89. The Morgan fingerprint density at radius 3 is 2.50 bits per heavy atom. The first-order valence-electron chi connectivity index (χ1n) is 6.68. The zero-order valence-corrected chi connectivity index (χ0v) is 12.4. The van der Waals surface area contributed by atoms with E-state index in [9.17, 15) is 14.9 Å². The average Bonchev–Trinajstić information content (AvgIpc) is 2.90. The summed E-state index contributed by atoms with van der Waals surface area (Å²) >= 11 is 0. The van der Waals surface area contributed by atoms with Crippen LogP contribution in [0.1, 0.15) is 17.1 Å². The second kappa shape index (κ2) is 6.71. The molecule has 0 N–H and O–H groups in total. The van der Waals surface area contributed by atoms with Crippen molar-refractivity contribution in [2.24, 2.45) is 0 Å². The van der Waals surface area contributed by atoms with Gasteiger partial charge >= 0.3 is 0 Å². The summed E-state index contributed by atoms with van der Waals surface area (Å²) in [5.74, 6) is 1.35. The summed E-state index contributed by atoms with van der Waals surface area (Å²) in [6, 6.07) is 9.67. The minimum absolute atomic E-state index is 0.0220. The fraction of sp³-hybridized carbons (Fsp3) is 0.188. The van der Waals surface area contributed by atoms with Crippen molar-refractivity contribution in [1.29, 1.82) is 0 Å². The number of aryl methyl sites for hydroxylation is 1. The fourth-order valence-corrected chi connectivity index (χ4v) is 1.88. The first-order valence-corrected chi connectivity index (χ1v) is 6.68. The number of amides is 1. The summed E-state index contributed by atoms with van der Waals surface area (Å²) in [6.07, 6.45) is 3.05. The van der Waals surface area contributed by atoms with Gasteiger partial charge < -0.3 is 9.32 Å². The Bertz CT molecular complexity index is 701. The zero-order valence-electron chi connectivity index (χ0n) is 12.4. The molecule has 114 valence electrons. The Morgan fingerprint density at radius 2 is 1.95 bits per heavy atom. The SMILES string of the molecule is Cc1ccc(CN(C)C(=O)/C=C/c2ccc([N+](=O)[O-])cc2)o1. The normalized spacial score (nSPS) is 10.8. The number of furan rings is 1. The van der Waals surface area contributed by atoms with Crippen molar-refractivity contribution >= 4 is 17.7 Å². The minimum atomic E-state index is -0.461. The number of carbonyl (C=O) groups is 1. The Labute approximate surface area is 127 Å². The molecule has 2 aromatic rings. The van der Waals surface area contributed by atoms with Gasteiger partial charge in [-0.2, -0.15) is 0 Å². The first-order chi connectivity index (χ1) is 10.5. The smallest absolute Gasteiger partial charge is 0.269 e. The Balaban J connectivity index is 1.96. The zero-order chi connectivity index (χ0) is 16.1. The molecular formula is C16H16N2O4. The van der Waals surface area contributed by atoms with E-state index in [0.717, 1.165) is 17.1 Å². The van der Waals surface area contributed by atoms with Crippen LogP contribution in [0.2, 0.25) is 0 Å². The van der Waals surface area contributed by atoms with Crippen LogP contribution < -0.4 is 0 Å². The van der Waals surface area contributed by atoms with Crippen LogP contribution in [0.15, 0.2) is 46.9 Å². The van der Waals surface area contributed by atoms with Crippen LogP contribution in [0.3, 0.4) is 0 Å². The van der Waals surface area contributed by atoms with Gasteiger partial charge in [0.2, 0.25) is 5.91 Å². The summed E-state index contributed by atoms with van der Waals surface area (Å²) < 4.78 is 5.42. The number of rotatable bonds is 5. The molecule has 0 unspecified atom stereocenters. The lowest BCUT2D eigenvalue weighted by Gasteiger charge is -2.12. The first kappa shape index (κ1) is 15.5. The van der Waals surface area contributed by atoms with Crippen molar-refractivity contribution in [1.82, 2.24) is 4.90 Å². The largest absolute Gasteiger partial charge is 0.464 e. The van der Waals surface area contributed by atoms with Crippen molar-refractivity contribution in [3.63, 3.8) is 0 Å². The third kappa shape index (κ3) is 4.05. The van der Waals surface area contributed by atoms with E-state index in [1.165, 1.54) is 23.1 Å². The van der Waals surface area contributed by atoms with Gasteiger partial charge in [0.15, 0.2) is 0 Å². The van der Waals surface area contributed by atoms with Crippen molar-refractivity contribution in [2.75, 3.05) is 7.05 Å². The number of hydrogen-bond donors (Lipinski definition) is 0. The fourth-order valence-electron chi connectivity index (χ4n) is 1.88. The van der Waals surface area contributed by atoms with Crippen molar-refractivity contribution in [3.05, 3.63) is 69.7 Å². The van der Waals surface area contributed by atoms with E-state index in [0.29, 0.717) is 6.54 Å². The molecule has 0 aliphatic carbocycles. The van der Waals surface area contributed by atoms with E-state index in [1.54, 1.807) is 25.3 Å². The molecule has 22 heavy (non-hydrogen) atoms. The summed E-state index contributed by atoms with van der Waals surface area (Å²) in [6.45, 7) is 2.23. The molecule has 1 aromatic carbocycles. The highest BCUT2D eigenvalue weighted by molar-refractivity contribution is 5.91. The summed E-state index contributed by atoms with van der Waals surface area (Å²) in [7, 11) is 1.68. The van der Waals surface area contributed by atoms with Crippen LogP contribution >= 0.6 is 0 Å². The Morgan fingerprint density at radius 1 is 1.27 bits per heavy atom. The van der Waals surface area contributed by atoms with E-state index < -0.39 is 4.92 Å². The van der Waals surface area contributed by atoms with Crippen molar-refractivity contribution in [3.8, 4) is 0 Å². The van der Waals surface area contributed by atoms with Gasteiger partial charge in [0.1, 0.15) is 11.5 Å². The van der Waals surface area contributed by atoms with E-state index >= 15 is 0 Å². The maximum atomic E-state index is 12.0. The molecule has 0 atom stereocenters. The summed E-state index contributed by atoms with van der Waals surface area (Å²) in [5.41, 5.74) is 0.745. The van der Waals surface area contributed by atoms with E-state index in [4.69, 9.17) is 4.42 Å². The molecule has 0 saturated heterocycles. The molecule has 2 rings (SSSR count). The van der Waals surface area contributed by atoms with Gasteiger partial charge in [0.25, 0.3) is 5.69 Å². The van der Waals surface area contributed by atoms with Crippen molar-refractivity contribution < 1.29 is 14.1 Å². The van der Waals surface area contributed by atoms with Gasteiger partial charge in [-0.1, -0.05) is 0 Å². The molecule has 0 spiro atoms. The number of nitro groups is 1. The van der Waals surface area contributed by atoms with E-state index in [1.807, 2.05) is 19.1 Å². The highest BCUT2D eigenvalue weighted by atomic mass is 16.6. The lowest BCUT2D eigenvalue weighted by atomic mass is 10.2. The molecule has 0 aliphatic rings. The van der Waals surface area contributed by atoms with Gasteiger partial charge in [0.05, 0.1) is 11.5 Å². The van der Waals surface area contributed by atoms with E-state index in [-0.39, 0.29) is 11.6 Å². The standard InChI is InChI=1S/C16H16N2O4/c1-12-3-9-15(22-12)11-17(2)16(19)10-6-13-4-7-14(8-5-13)18(20)21/h3-10H,11H2,1-2H3/b10-6+. The third-order valence-electron chi connectivity index (χ3n) is 3.09. The molecule has 1 aromatic heterocycles. The average molecular weight is 300 g/mol. The number of likely N-dealkylation sites (N-methyl/N-ethyl adjacent to an activating group) is 1. The van der Waals surface area contributed by atoms with Crippen LogP contribution in [0, 0.1) is 17.0 Å². The molecule has 0 radical (unpaired) electrons. The van der Waals surface area contributed by atoms with E-state index in [2.05, 4.69) is 0 Å². The monoisotopic (exact) mass is 300 g/mol. The predicted octanol–water partition coefficient (Wildman–Crippen LogP) is 3.17. The number of benzene rings is 1. The molecule has 6 heteroatoms. The topological polar surface area (TPSA) is 76.6 Å². The summed E-state index contributed by atoms with van der Waals surface area (Å²) in [4.78, 5) is 23.6. The predicted molar refractivity (Wildman–Crippen MR) is 82.0 cm³/mol. The highest BCUT2D eigenvalue weighted by Gasteiger charge is 2.08. The van der Waals surface area contributed by atoms with Gasteiger partial charge in [-0.05, 0) is 42.8 Å². The second-order valence-corrected chi connectivity index (χ2v) is 4.89. The Kier molecular flexibility index (Phi) is 4.73. The lowest BCUT2D eigenvalue weighted by Crippen LogP contribution is -2.23. The highest BCUT2D eigenvalue weighted by Crippen LogP contribution is 2.13. The van der Waals surface area contributed by atoms with Crippen LogP contribution in [0.5, 0.6) is 0 Å². The number of nitrogens with zero attached hydrogens (tertiary/aromatic N) is 2. The number of nitro benzene ring substituents is 1. The van der Waals surface area contributed by atoms with Crippen LogP contribution in [0.25, 0.3) is 6.08 Å². The number of hydrogen-bond acceptors (Lipinski definition) is 4. The number of non-ortho nitro benzene ring substituents is 1. The van der Waals surface area contributed by atoms with Crippen LogP contribution in [-0.2, 0) is 11.3 Å². The summed E-state index contributed by atoms with van der Waals surface area (Å²) in [5, 5.41) is 10.6. The lowest BCUT2D eigenvalue weighted by molar-refractivity contribution is -0.384. The van der Waals surface area contributed by atoms with Gasteiger partial charge in [0, 0.05) is 25.3 Å². The van der Waals surface area contributed by atoms with Crippen LogP contribution in [-0.4, -0.2) is 22.8 Å². The molecule has 1 heterocycles. The van der Waals surface area contributed by atoms with Gasteiger partial charge in [-0.25, -0.2) is 0 Å². The maximum absolute atomic E-state index is 12.0. The molecule has 0 saturated carbocycles. The van der Waals surface area contributed by atoms with Gasteiger partial charge in [-0.3, -0.25) is 14.9 Å². The molecule has 0 aliphatic heterocycles.